The molecule has 146 valence electrons. The second kappa shape index (κ2) is 7.62. The summed E-state index contributed by atoms with van der Waals surface area (Å²) < 4.78 is 15.3. The number of amides is 1. The number of nitrogens with zero attached hydrogens (tertiary/aromatic N) is 4. The Morgan fingerprint density at radius 3 is 2.64 bits per heavy atom. The van der Waals surface area contributed by atoms with Gasteiger partial charge in [-0.15, -0.1) is 28.8 Å². The van der Waals surface area contributed by atoms with Gasteiger partial charge in [0.25, 0.3) is 5.91 Å². The zero-order valence-corrected chi connectivity index (χ0v) is 16.5. The van der Waals surface area contributed by atoms with Gasteiger partial charge in [0.2, 0.25) is 5.82 Å². The molecule has 0 spiro atoms. The summed E-state index contributed by atoms with van der Waals surface area (Å²) in [4.78, 5) is 20.3. The number of carbonyl (C=O) groups excluding carboxylic acids is 1. The molecule has 2 fully saturated rings. The lowest BCUT2D eigenvalue weighted by atomic mass is 10.0. The van der Waals surface area contributed by atoms with E-state index in [2.05, 4.69) is 15.4 Å². The highest BCUT2D eigenvalue weighted by Crippen LogP contribution is 2.29. The van der Waals surface area contributed by atoms with Gasteiger partial charge in [0.1, 0.15) is 5.82 Å². The predicted molar refractivity (Wildman–Crippen MR) is 108 cm³/mol. The summed E-state index contributed by atoms with van der Waals surface area (Å²) >= 11 is 1.51. The molecule has 2 aromatic heterocycles. The van der Waals surface area contributed by atoms with Crippen molar-refractivity contribution in [3.8, 4) is 16.4 Å². The van der Waals surface area contributed by atoms with Crippen LogP contribution in [0, 0.1) is 17.7 Å². The van der Waals surface area contributed by atoms with Crippen LogP contribution >= 0.6 is 23.7 Å². The van der Waals surface area contributed by atoms with Crippen molar-refractivity contribution < 1.29 is 9.18 Å². The molecule has 5 rings (SSSR count). The number of benzene rings is 1. The fourth-order valence-electron chi connectivity index (χ4n) is 3.92. The van der Waals surface area contributed by atoms with Crippen molar-refractivity contribution in [3.05, 3.63) is 53.4 Å². The lowest BCUT2D eigenvalue weighted by Gasteiger charge is -2.15. The molecule has 0 saturated carbocycles. The smallest absolute Gasteiger partial charge is 0.293 e. The van der Waals surface area contributed by atoms with Crippen molar-refractivity contribution in [1.29, 1.82) is 0 Å². The van der Waals surface area contributed by atoms with Crippen molar-refractivity contribution in [2.75, 3.05) is 26.2 Å². The summed E-state index contributed by atoms with van der Waals surface area (Å²) in [6.07, 6.45) is 0. The van der Waals surface area contributed by atoms with Gasteiger partial charge in [0, 0.05) is 26.2 Å². The van der Waals surface area contributed by atoms with Crippen LogP contribution in [0.3, 0.4) is 0 Å². The van der Waals surface area contributed by atoms with Crippen molar-refractivity contribution in [2.24, 2.45) is 11.8 Å². The summed E-state index contributed by atoms with van der Waals surface area (Å²) in [7, 11) is 0. The maximum absolute atomic E-state index is 13.7. The molecule has 0 unspecified atom stereocenters. The first-order valence-corrected chi connectivity index (χ1v) is 9.84. The van der Waals surface area contributed by atoms with E-state index in [1.165, 1.54) is 23.5 Å². The maximum atomic E-state index is 13.7. The zero-order chi connectivity index (χ0) is 18.4. The summed E-state index contributed by atoms with van der Waals surface area (Å²) in [6, 6.07) is 10.0. The number of nitrogens with one attached hydrogen (secondary N) is 1. The van der Waals surface area contributed by atoms with E-state index in [4.69, 9.17) is 0 Å². The van der Waals surface area contributed by atoms with E-state index in [1.807, 2.05) is 22.4 Å². The lowest BCUT2D eigenvalue weighted by Crippen LogP contribution is -2.32. The molecule has 1 N–H and O–H groups in total. The Kier molecular flexibility index (Phi) is 5.18. The minimum Gasteiger partial charge on any atom is -0.335 e. The highest BCUT2D eigenvalue weighted by molar-refractivity contribution is 7.13. The number of halogens is 2. The van der Waals surface area contributed by atoms with Crippen LogP contribution in [0.2, 0.25) is 0 Å². The Hall–Kier alpha value is -2.29. The van der Waals surface area contributed by atoms with E-state index >= 15 is 0 Å². The zero-order valence-electron chi connectivity index (χ0n) is 14.9. The summed E-state index contributed by atoms with van der Waals surface area (Å²) in [5.41, 5.74) is 0.549. The molecular formula is C19H19ClFN5OS. The van der Waals surface area contributed by atoms with Crippen molar-refractivity contribution in [3.63, 3.8) is 0 Å². The van der Waals surface area contributed by atoms with E-state index in [9.17, 15) is 9.18 Å². The standard InChI is InChI=1S/C19H18FN5OS.ClH/c20-14-3-1-4-15(7-14)25-18(16-5-2-6-27-16)22-17(23-25)19(26)24-10-12-8-21-9-13(12)11-24;/h1-7,12-13,21H,8-11H2;1H/t12-,13+;. The largest absolute Gasteiger partial charge is 0.335 e. The number of rotatable bonds is 3. The van der Waals surface area contributed by atoms with E-state index in [-0.39, 0.29) is 30.0 Å². The van der Waals surface area contributed by atoms with Gasteiger partial charge < -0.3 is 10.2 Å². The molecule has 2 aliphatic rings. The Balaban J connectivity index is 0.00000192. The lowest BCUT2D eigenvalue weighted by molar-refractivity contribution is 0.0769. The SMILES string of the molecule is Cl.O=C(c1nc(-c2cccs2)n(-c2cccc(F)c2)n1)N1C[C@H]2CNC[C@H]2C1. The van der Waals surface area contributed by atoms with Crippen LogP contribution in [-0.4, -0.2) is 51.8 Å². The van der Waals surface area contributed by atoms with Gasteiger partial charge in [-0.1, -0.05) is 12.1 Å². The number of hydrogen-bond acceptors (Lipinski definition) is 5. The van der Waals surface area contributed by atoms with Crippen LogP contribution < -0.4 is 5.32 Å². The van der Waals surface area contributed by atoms with Gasteiger partial charge in [-0.05, 0) is 41.5 Å². The minimum absolute atomic E-state index is 0. The predicted octanol–water partition coefficient (Wildman–Crippen LogP) is 2.85. The average Bonchev–Trinajstić information content (AvgIpc) is 3.43. The molecule has 0 aliphatic carbocycles. The number of hydrogen-bond donors (Lipinski definition) is 1. The van der Waals surface area contributed by atoms with Crippen LogP contribution in [-0.2, 0) is 0 Å². The molecule has 28 heavy (non-hydrogen) atoms. The van der Waals surface area contributed by atoms with Gasteiger partial charge in [-0.3, -0.25) is 4.79 Å². The Morgan fingerprint density at radius 2 is 1.96 bits per heavy atom. The molecule has 2 atom stereocenters. The molecule has 1 amide bonds. The van der Waals surface area contributed by atoms with Crippen LogP contribution in [0.5, 0.6) is 0 Å². The third kappa shape index (κ3) is 3.32. The molecule has 9 heteroatoms. The number of likely N-dealkylation sites (tertiary alicyclic amines) is 1. The molecule has 2 saturated heterocycles. The van der Waals surface area contributed by atoms with Gasteiger partial charge >= 0.3 is 0 Å². The maximum Gasteiger partial charge on any atom is 0.293 e. The van der Waals surface area contributed by atoms with E-state index in [0.717, 1.165) is 31.1 Å². The fourth-order valence-corrected chi connectivity index (χ4v) is 4.62. The monoisotopic (exact) mass is 419 g/mol. The molecule has 0 radical (unpaired) electrons. The summed E-state index contributed by atoms with van der Waals surface area (Å²) in [5, 5.41) is 9.77. The quantitative estimate of drug-likeness (QED) is 0.709. The van der Waals surface area contributed by atoms with Crippen molar-refractivity contribution in [1.82, 2.24) is 25.0 Å². The number of thiophene rings is 1. The first kappa shape index (κ1) is 19.0. The van der Waals surface area contributed by atoms with E-state index in [1.54, 1.807) is 16.8 Å². The molecule has 1 aromatic carbocycles. The minimum atomic E-state index is -0.354. The number of carbonyl (C=O) groups is 1. The first-order chi connectivity index (χ1) is 13.2. The van der Waals surface area contributed by atoms with Crippen molar-refractivity contribution >= 4 is 29.7 Å². The highest BCUT2D eigenvalue weighted by Gasteiger charge is 2.39. The summed E-state index contributed by atoms with van der Waals surface area (Å²) in [5.74, 6) is 1.23. The molecule has 4 heterocycles. The second-order valence-corrected chi connectivity index (χ2v) is 7.96. The topological polar surface area (TPSA) is 63.1 Å². The van der Waals surface area contributed by atoms with Gasteiger partial charge in [-0.2, -0.15) is 0 Å². The third-order valence-electron chi connectivity index (χ3n) is 5.27. The fraction of sp³-hybridized carbons (Fsp3) is 0.316. The summed E-state index contributed by atoms with van der Waals surface area (Å²) in [6.45, 7) is 3.39. The van der Waals surface area contributed by atoms with Gasteiger partial charge in [-0.25, -0.2) is 14.1 Å². The van der Waals surface area contributed by atoms with Crippen molar-refractivity contribution in [2.45, 2.75) is 0 Å². The third-order valence-corrected chi connectivity index (χ3v) is 6.14. The first-order valence-electron chi connectivity index (χ1n) is 8.96. The normalized spacial score (nSPS) is 20.8. The molecule has 3 aromatic rings. The van der Waals surface area contributed by atoms with Crippen LogP contribution in [0.15, 0.2) is 41.8 Å². The second-order valence-electron chi connectivity index (χ2n) is 7.02. The van der Waals surface area contributed by atoms with E-state index in [0.29, 0.717) is 23.3 Å². The average molecular weight is 420 g/mol. The Labute approximate surface area is 171 Å². The van der Waals surface area contributed by atoms with E-state index < -0.39 is 0 Å². The van der Waals surface area contributed by atoms with Crippen LogP contribution in [0.1, 0.15) is 10.6 Å². The molecular weight excluding hydrogens is 401 g/mol. The van der Waals surface area contributed by atoms with Crippen LogP contribution in [0.4, 0.5) is 4.39 Å². The Bertz CT molecular complexity index is 980. The molecule has 2 aliphatic heterocycles. The number of fused-ring (bicyclic) bond motifs is 1. The number of aromatic nitrogens is 3. The molecule has 6 nitrogen and oxygen atoms in total. The Morgan fingerprint density at radius 1 is 1.18 bits per heavy atom. The highest BCUT2D eigenvalue weighted by atomic mass is 35.5. The molecule has 0 bridgehead atoms. The van der Waals surface area contributed by atoms with Gasteiger partial charge in [0.15, 0.2) is 5.82 Å². The van der Waals surface area contributed by atoms with Crippen LogP contribution in [0.25, 0.3) is 16.4 Å². The van der Waals surface area contributed by atoms with Gasteiger partial charge in [0.05, 0.1) is 10.6 Å².